The van der Waals surface area contributed by atoms with Gasteiger partial charge in [-0.15, -0.1) is 5.10 Å². The summed E-state index contributed by atoms with van der Waals surface area (Å²) >= 11 is 0. The van der Waals surface area contributed by atoms with Gasteiger partial charge >= 0.3 is 0 Å². The van der Waals surface area contributed by atoms with Crippen molar-refractivity contribution < 1.29 is 23.5 Å². The molecule has 1 N–H and O–H groups in total. The fourth-order valence-electron chi connectivity index (χ4n) is 7.59. The van der Waals surface area contributed by atoms with E-state index in [0.717, 1.165) is 28.0 Å². The molecule has 0 unspecified atom stereocenters. The van der Waals surface area contributed by atoms with Crippen LogP contribution in [0.15, 0.2) is 54.7 Å². The molecule has 0 saturated carbocycles. The molecular weight excluding hydrogens is 551 g/mol. The summed E-state index contributed by atoms with van der Waals surface area (Å²) in [5, 5.41) is 19.2. The Balaban J connectivity index is 1.35. The van der Waals surface area contributed by atoms with E-state index < -0.39 is 43.2 Å². The first-order valence-electron chi connectivity index (χ1n) is 14.6. The van der Waals surface area contributed by atoms with Gasteiger partial charge in [0.05, 0.1) is 30.6 Å². The van der Waals surface area contributed by atoms with Crippen LogP contribution < -0.4 is 9.64 Å². The van der Waals surface area contributed by atoms with Gasteiger partial charge in [0.15, 0.2) is 5.60 Å². The highest BCUT2D eigenvalue weighted by molar-refractivity contribution is 6.72. The Morgan fingerprint density at radius 2 is 1.93 bits per heavy atom. The number of aromatic nitrogens is 3. The highest BCUT2D eigenvalue weighted by atomic mass is 28.4. The number of aliphatic hydroxyl groups is 1. The Morgan fingerprint density at radius 1 is 1.21 bits per heavy atom. The molecule has 8 nitrogen and oxygen atoms in total. The number of hydrogen-bond acceptors (Lipinski definition) is 6. The van der Waals surface area contributed by atoms with Crippen molar-refractivity contribution in [3.63, 3.8) is 0 Å². The minimum absolute atomic E-state index is 0.145. The molecule has 10 heteroatoms. The zero-order valence-electron chi connectivity index (χ0n) is 25.3. The number of anilines is 1. The lowest BCUT2D eigenvalue weighted by molar-refractivity contribution is -0.146. The summed E-state index contributed by atoms with van der Waals surface area (Å²) in [6.07, 6.45) is 2.86. The van der Waals surface area contributed by atoms with Crippen LogP contribution in [-0.2, 0) is 21.7 Å². The third kappa shape index (κ3) is 4.26. The summed E-state index contributed by atoms with van der Waals surface area (Å²) < 4.78 is 30.5. The monoisotopic (exact) mass is 590 g/mol. The van der Waals surface area contributed by atoms with Gasteiger partial charge in [-0.3, -0.25) is 14.4 Å². The molecule has 0 aliphatic carbocycles. The molecule has 3 aromatic rings. The van der Waals surface area contributed by atoms with Crippen molar-refractivity contribution in [3.05, 3.63) is 77.1 Å². The average Bonchev–Trinajstić information content (AvgIpc) is 3.60. The number of allylic oxidation sites excluding steroid dienone is 1. The topological polar surface area (TPSA) is 89.7 Å². The Labute approximate surface area is 247 Å². The number of carbonyl (C=O) groups is 1. The van der Waals surface area contributed by atoms with Crippen LogP contribution in [0.1, 0.15) is 62.6 Å². The maximum atomic E-state index is 16.2. The van der Waals surface area contributed by atoms with Gasteiger partial charge in [0.25, 0.3) is 5.91 Å². The molecule has 6 rings (SSSR count). The van der Waals surface area contributed by atoms with E-state index in [1.807, 2.05) is 75.1 Å². The molecule has 1 saturated heterocycles. The van der Waals surface area contributed by atoms with E-state index in [1.54, 1.807) is 31.1 Å². The maximum Gasteiger partial charge on any atom is 0.265 e. The second-order valence-corrected chi connectivity index (χ2v) is 16.8. The lowest BCUT2D eigenvalue weighted by Gasteiger charge is -2.39. The summed E-state index contributed by atoms with van der Waals surface area (Å²) in [4.78, 5) is 16.5. The van der Waals surface area contributed by atoms with Crippen LogP contribution in [-0.4, -0.2) is 53.2 Å². The van der Waals surface area contributed by atoms with Gasteiger partial charge in [-0.25, -0.2) is 0 Å². The Morgan fingerprint density at radius 3 is 2.60 bits per heavy atom. The fourth-order valence-corrected chi connectivity index (χ4v) is 10.1. The molecule has 2 aromatic carbocycles. The summed E-state index contributed by atoms with van der Waals surface area (Å²) in [7, 11) is -1.70. The van der Waals surface area contributed by atoms with Crippen molar-refractivity contribution in [2.45, 2.75) is 82.6 Å². The van der Waals surface area contributed by atoms with E-state index in [-0.39, 0.29) is 5.91 Å². The first-order valence-corrected chi connectivity index (χ1v) is 17.5. The number of nitrogens with zero attached hydrogens (tertiary/aromatic N) is 4. The Bertz CT molecular complexity index is 1570. The van der Waals surface area contributed by atoms with Crippen molar-refractivity contribution >= 4 is 25.6 Å². The molecule has 3 aliphatic heterocycles. The molecule has 4 heterocycles. The second-order valence-electron chi connectivity index (χ2n) is 13.0. The van der Waals surface area contributed by atoms with Gasteiger partial charge < -0.3 is 18.7 Å². The lowest BCUT2D eigenvalue weighted by Crippen LogP contribution is -2.52. The van der Waals surface area contributed by atoms with Crippen LogP contribution in [0.4, 0.5) is 9.80 Å². The second kappa shape index (κ2) is 9.85. The number of rotatable bonds is 7. The van der Waals surface area contributed by atoms with Crippen LogP contribution in [0, 0.1) is 5.92 Å². The smallest absolute Gasteiger partial charge is 0.265 e. The summed E-state index contributed by atoms with van der Waals surface area (Å²) in [6, 6.07) is 13.2. The first-order chi connectivity index (χ1) is 19.8. The van der Waals surface area contributed by atoms with Crippen molar-refractivity contribution in [2.75, 3.05) is 12.0 Å². The Hall–Kier alpha value is -3.34. The number of amides is 1. The van der Waals surface area contributed by atoms with Crippen LogP contribution in [0.5, 0.6) is 5.75 Å². The van der Waals surface area contributed by atoms with E-state index in [4.69, 9.17) is 9.47 Å². The fraction of sp³-hybridized carbons (Fsp3) is 0.469. The van der Waals surface area contributed by atoms with Crippen molar-refractivity contribution in [3.8, 4) is 5.75 Å². The molecule has 3 aliphatic rings. The quantitative estimate of drug-likeness (QED) is 0.277. The minimum atomic E-state index is -3.32. The molecule has 1 aromatic heterocycles. The molecule has 42 heavy (non-hydrogen) atoms. The first kappa shape index (κ1) is 28.8. The minimum Gasteiger partial charge on any atom is -0.497 e. The predicted octanol–water partition coefficient (Wildman–Crippen LogP) is 5.78. The molecule has 1 spiro atoms. The number of carbonyl (C=O) groups excluding carboxylic acids is 1. The predicted molar refractivity (Wildman–Crippen MR) is 161 cm³/mol. The van der Waals surface area contributed by atoms with E-state index in [2.05, 4.69) is 16.4 Å². The van der Waals surface area contributed by atoms with Gasteiger partial charge in [0, 0.05) is 29.1 Å². The van der Waals surface area contributed by atoms with E-state index in [0.29, 0.717) is 24.4 Å². The molecule has 222 valence electrons. The number of hydrogen-bond donors (Lipinski definition) is 1. The SMILES string of the molecule is COc1cc2c3c(c1)[C@]1(O[C@@H](CCn4cc([C@H](O)c5ccccc5)nn4)[C@H]([Si](C)(C)F)[C@H]1C)C(=O)N3C(C)(C)C=C2C. The van der Waals surface area contributed by atoms with Gasteiger partial charge in [0.2, 0.25) is 8.41 Å². The van der Waals surface area contributed by atoms with Crippen molar-refractivity contribution in [2.24, 2.45) is 5.92 Å². The molecular formula is C32H39FN4O4Si. The van der Waals surface area contributed by atoms with Crippen LogP contribution in [0.3, 0.4) is 0 Å². The Kier molecular flexibility index (Phi) is 6.75. The standard InChI is InChI=1S/C32H39FN4O4Si/c1-19-17-31(3,4)37-27-23(19)15-22(40-5)16-24(27)32(30(37)39)20(2)29(42(6,7)33)26(41-32)13-14-36-18-25(34-35-36)28(38)21-11-9-8-10-12-21/h8-12,15-18,20,26,28-29,38H,13-14H2,1-7H3/t20-,26+,28-,29-,32+/m1/s1. The van der Waals surface area contributed by atoms with Crippen LogP contribution in [0.25, 0.3) is 5.57 Å². The van der Waals surface area contributed by atoms with E-state index in [1.165, 1.54) is 0 Å². The average molecular weight is 591 g/mol. The van der Waals surface area contributed by atoms with Gasteiger partial charge in [-0.1, -0.05) is 48.5 Å². The largest absolute Gasteiger partial charge is 0.497 e. The summed E-state index contributed by atoms with van der Waals surface area (Å²) in [6.45, 7) is 11.9. The van der Waals surface area contributed by atoms with Crippen LogP contribution >= 0.6 is 0 Å². The summed E-state index contributed by atoms with van der Waals surface area (Å²) in [5.41, 5.74) is 2.44. The molecule has 1 fully saturated rings. The van der Waals surface area contributed by atoms with Gasteiger partial charge in [-0.2, -0.15) is 0 Å². The molecule has 0 radical (unpaired) electrons. The van der Waals surface area contributed by atoms with Gasteiger partial charge in [-0.05, 0) is 63.6 Å². The number of halogens is 1. The number of benzene rings is 2. The number of aryl methyl sites for hydroxylation is 1. The number of ether oxygens (including phenoxy) is 2. The molecule has 5 atom stereocenters. The van der Waals surface area contributed by atoms with Crippen molar-refractivity contribution in [1.82, 2.24) is 15.0 Å². The highest BCUT2D eigenvalue weighted by Gasteiger charge is 2.68. The number of aliphatic hydroxyl groups excluding tert-OH is 1. The van der Waals surface area contributed by atoms with Crippen molar-refractivity contribution in [1.29, 1.82) is 0 Å². The highest BCUT2D eigenvalue weighted by Crippen LogP contribution is 2.63. The normalized spacial score (nSPS) is 26.9. The van der Waals surface area contributed by atoms with Crippen LogP contribution in [0.2, 0.25) is 18.6 Å². The van der Waals surface area contributed by atoms with Gasteiger partial charge in [0.1, 0.15) is 17.5 Å². The molecule has 0 bridgehead atoms. The zero-order chi connectivity index (χ0) is 30.2. The van der Waals surface area contributed by atoms with E-state index in [9.17, 15) is 9.90 Å². The third-order valence-electron chi connectivity index (χ3n) is 9.34. The number of methoxy groups -OCH3 is 1. The zero-order valence-corrected chi connectivity index (χ0v) is 26.3. The third-order valence-corrected chi connectivity index (χ3v) is 11.8. The maximum absolute atomic E-state index is 16.2. The van der Waals surface area contributed by atoms with E-state index >= 15 is 4.11 Å². The lowest BCUT2D eigenvalue weighted by atomic mass is 9.81. The molecule has 1 amide bonds. The number of fused-ring (bicyclic) bond motifs is 1. The summed E-state index contributed by atoms with van der Waals surface area (Å²) in [5.74, 6) is 0.101.